The van der Waals surface area contributed by atoms with Gasteiger partial charge in [0.15, 0.2) is 5.13 Å². The number of aromatic nitrogens is 2. The van der Waals surface area contributed by atoms with Gasteiger partial charge in [0.25, 0.3) is 12.3 Å². The molecule has 9 nitrogen and oxygen atoms in total. The molecule has 4 heterocycles. The van der Waals surface area contributed by atoms with E-state index in [0.717, 1.165) is 16.9 Å². The molecule has 1 fully saturated rings. The van der Waals surface area contributed by atoms with Gasteiger partial charge < -0.3 is 20.1 Å². The molecule has 0 aliphatic carbocycles. The average Bonchev–Trinajstić information content (AvgIpc) is 3.33. The molecular weight excluding hydrogens is 579 g/mol. The summed E-state index contributed by atoms with van der Waals surface area (Å²) in [5.41, 5.74) is 0.00815. The number of pyridine rings is 1. The number of thiazole rings is 1. The Morgan fingerprint density at radius 3 is 2.60 bits per heavy atom. The maximum Gasteiger partial charge on any atom is 0.264 e. The zero-order valence-electron chi connectivity index (χ0n) is 24.0. The number of aromatic amines is 1. The van der Waals surface area contributed by atoms with Crippen molar-refractivity contribution in [3.05, 3.63) is 74.4 Å². The quantitative estimate of drug-likeness (QED) is 0.392. The van der Waals surface area contributed by atoms with E-state index in [0.29, 0.717) is 61.2 Å². The van der Waals surface area contributed by atoms with Crippen molar-refractivity contribution in [2.75, 3.05) is 48.3 Å². The van der Waals surface area contributed by atoms with Crippen LogP contribution >= 0.6 is 11.3 Å². The van der Waals surface area contributed by atoms with E-state index < -0.39 is 29.3 Å². The Morgan fingerprint density at radius 2 is 1.93 bits per heavy atom. The number of likely N-dealkylation sites (N-methyl/N-ethyl adjacent to an activating group) is 1. The topological polar surface area (TPSA) is 108 Å². The number of carbonyl (C=O) groups is 1. The molecule has 0 saturated carbocycles. The Balaban J connectivity index is 1.50. The zero-order valence-corrected chi connectivity index (χ0v) is 24.8. The first-order valence-corrected chi connectivity index (χ1v) is 14.8. The van der Waals surface area contributed by atoms with Gasteiger partial charge in [0.05, 0.1) is 23.1 Å². The SMILES string of the molecule is CC1CN(c2cc(F)c(C3=CCCN(c4ncc(C#N)s4)CC3)cc2NC(=O)c2c[nH]c(=O)cc2C(F)F)CC(C)N1C. The lowest BCUT2D eigenvalue weighted by atomic mass is 9.98. The van der Waals surface area contributed by atoms with Gasteiger partial charge in [-0.3, -0.25) is 14.5 Å². The number of H-pyrrole nitrogens is 1. The number of halogens is 3. The van der Waals surface area contributed by atoms with Crippen LogP contribution in [0.2, 0.25) is 0 Å². The molecule has 1 aromatic carbocycles. The molecule has 0 bridgehead atoms. The highest BCUT2D eigenvalue weighted by Crippen LogP contribution is 2.37. The molecule has 43 heavy (non-hydrogen) atoms. The van der Waals surface area contributed by atoms with Crippen LogP contribution in [-0.4, -0.2) is 66.1 Å². The lowest BCUT2D eigenvalue weighted by molar-refractivity contribution is 0.101. The summed E-state index contributed by atoms with van der Waals surface area (Å²) >= 11 is 1.30. The fourth-order valence-electron chi connectivity index (χ4n) is 5.59. The highest BCUT2D eigenvalue weighted by molar-refractivity contribution is 7.16. The first-order valence-electron chi connectivity index (χ1n) is 14.0. The molecule has 226 valence electrons. The van der Waals surface area contributed by atoms with Crippen LogP contribution < -0.4 is 20.7 Å². The molecule has 2 unspecified atom stereocenters. The third-order valence-corrected chi connectivity index (χ3v) is 9.09. The van der Waals surface area contributed by atoms with E-state index in [1.54, 1.807) is 6.07 Å². The number of hydrogen-bond acceptors (Lipinski definition) is 8. The monoisotopic (exact) mass is 611 g/mol. The summed E-state index contributed by atoms with van der Waals surface area (Å²) in [4.78, 5) is 38.5. The minimum atomic E-state index is -3.04. The summed E-state index contributed by atoms with van der Waals surface area (Å²) in [6.07, 6.45) is 2.54. The van der Waals surface area contributed by atoms with E-state index in [2.05, 4.69) is 45.0 Å². The third kappa shape index (κ3) is 6.45. The van der Waals surface area contributed by atoms with Gasteiger partial charge in [-0.2, -0.15) is 5.26 Å². The third-order valence-electron chi connectivity index (χ3n) is 8.13. The standard InChI is InChI=1S/C30H32F3N7O2S/c1-17-15-40(16-18(2)38(17)3)26-11-24(31)21(19-5-4-7-39(8-6-19)30-36-13-20(12-34)43-30)9-25(26)37-29(42)23-14-35-27(41)10-22(23)28(32)33/h5,9-11,13-14,17-18,28H,4,6-8,15-16H2,1-3H3,(H,35,41)(H,37,42). The van der Waals surface area contributed by atoms with Crippen molar-refractivity contribution in [1.29, 1.82) is 5.26 Å². The van der Waals surface area contributed by atoms with Crippen LogP contribution in [0.5, 0.6) is 0 Å². The van der Waals surface area contributed by atoms with Crippen molar-refractivity contribution in [3.63, 3.8) is 0 Å². The van der Waals surface area contributed by atoms with Crippen LogP contribution in [0.3, 0.4) is 0 Å². The lowest BCUT2D eigenvalue weighted by Gasteiger charge is -2.44. The second-order valence-electron chi connectivity index (χ2n) is 10.9. The Hall–Kier alpha value is -4.15. The minimum absolute atomic E-state index is 0.141. The van der Waals surface area contributed by atoms with E-state index in [4.69, 9.17) is 5.26 Å². The second kappa shape index (κ2) is 12.6. The van der Waals surface area contributed by atoms with Crippen LogP contribution in [0.1, 0.15) is 59.5 Å². The highest BCUT2D eigenvalue weighted by Gasteiger charge is 2.30. The largest absolute Gasteiger partial charge is 0.367 e. The Labute approximate surface area is 251 Å². The van der Waals surface area contributed by atoms with Crippen molar-refractivity contribution in [1.82, 2.24) is 14.9 Å². The number of carbonyl (C=O) groups excluding carboxylic acids is 1. The van der Waals surface area contributed by atoms with Crippen LogP contribution in [0.25, 0.3) is 5.57 Å². The number of rotatable bonds is 6. The predicted molar refractivity (Wildman–Crippen MR) is 162 cm³/mol. The van der Waals surface area contributed by atoms with Gasteiger partial charge in [0.1, 0.15) is 16.8 Å². The van der Waals surface area contributed by atoms with E-state index in [9.17, 15) is 18.4 Å². The van der Waals surface area contributed by atoms with E-state index in [1.165, 1.54) is 23.6 Å². The van der Waals surface area contributed by atoms with Crippen LogP contribution in [-0.2, 0) is 0 Å². The Kier molecular flexibility index (Phi) is 8.89. The van der Waals surface area contributed by atoms with Crippen LogP contribution in [0.15, 0.2) is 41.5 Å². The van der Waals surface area contributed by atoms with Crippen LogP contribution in [0, 0.1) is 17.1 Å². The van der Waals surface area contributed by atoms with Gasteiger partial charge in [0, 0.05) is 61.7 Å². The van der Waals surface area contributed by atoms with Crippen molar-refractivity contribution in [3.8, 4) is 6.07 Å². The second-order valence-corrected chi connectivity index (χ2v) is 11.9. The Bertz CT molecular complexity index is 1640. The number of nitriles is 1. The molecular formula is C30H32F3N7O2S. The van der Waals surface area contributed by atoms with Crippen molar-refractivity contribution in [2.45, 2.75) is 45.2 Å². The fourth-order valence-corrected chi connectivity index (χ4v) is 6.35. The van der Waals surface area contributed by atoms with E-state index >= 15 is 4.39 Å². The normalized spacial score (nSPS) is 19.6. The van der Waals surface area contributed by atoms with E-state index in [1.807, 2.05) is 18.0 Å². The molecule has 1 amide bonds. The van der Waals surface area contributed by atoms with Crippen LogP contribution in [0.4, 0.5) is 29.7 Å². The molecule has 3 aromatic rings. The first kappa shape index (κ1) is 30.3. The van der Waals surface area contributed by atoms with Gasteiger partial charge in [-0.1, -0.05) is 17.4 Å². The summed E-state index contributed by atoms with van der Waals surface area (Å²) in [5, 5.41) is 12.6. The van der Waals surface area contributed by atoms with Crippen molar-refractivity contribution >= 4 is 39.3 Å². The fraction of sp³-hybridized carbons (Fsp3) is 0.400. The molecule has 2 aliphatic heterocycles. The summed E-state index contributed by atoms with van der Waals surface area (Å²) < 4.78 is 43.4. The molecule has 13 heteroatoms. The molecule has 2 aliphatic rings. The van der Waals surface area contributed by atoms with Gasteiger partial charge in [-0.25, -0.2) is 18.2 Å². The minimum Gasteiger partial charge on any atom is -0.367 e. The summed E-state index contributed by atoms with van der Waals surface area (Å²) in [6, 6.07) is 6.07. The molecule has 2 aromatic heterocycles. The summed E-state index contributed by atoms with van der Waals surface area (Å²) in [6.45, 7) is 6.45. The van der Waals surface area contributed by atoms with Gasteiger partial charge in [-0.15, -0.1) is 0 Å². The average molecular weight is 612 g/mol. The highest BCUT2D eigenvalue weighted by atomic mass is 32.1. The van der Waals surface area contributed by atoms with Gasteiger partial charge >= 0.3 is 0 Å². The molecule has 5 rings (SSSR count). The summed E-state index contributed by atoms with van der Waals surface area (Å²) in [5.74, 6) is -1.29. The van der Waals surface area contributed by atoms with Gasteiger partial charge in [-0.05, 0) is 51.4 Å². The maximum atomic E-state index is 15.9. The smallest absolute Gasteiger partial charge is 0.264 e. The zero-order chi connectivity index (χ0) is 30.8. The Morgan fingerprint density at radius 1 is 1.19 bits per heavy atom. The molecule has 0 spiro atoms. The molecule has 1 saturated heterocycles. The lowest BCUT2D eigenvalue weighted by Crippen LogP contribution is -2.55. The van der Waals surface area contributed by atoms with Crippen molar-refractivity contribution in [2.24, 2.45) is 0 Å². The summed E-state index contributed by atoms with van der Waals surface area (Å²) in [7, 11) is 2.02. The predicted octanol–water partition coefficient (Wildman–Crippen LogP) is 5.24. The number of anilines is 3. The number of benzene rings is 1. The number of nitrogens with zero attached hydrogens (tertiary/aromatic N) is 5. The molecule has 2 N–H and O–H groups in total. The number of piperazine rings is 1. The number of hydrogen-bond donors (Lipinski definition) is 2. The van der Waals surface area contributed by atoms with E-state index in [-0.39, 0.29) is 23.3 Å². The van der Waals surface area contributed by atoms with Crippen molar-refractivity contribution < 1.29 is 18.0 Å². The number of nitrogens with one attached hydrogen (secondary N) is 2. The first-order chi connectivity index (χ1) is 20.5. The molecule has 0 radical (unpaired) electrons. The molecule has 2 atom stereocenters. The number of alkyl halides is 2. The maximum absolute atomic E-state index is 15.9. The number of amides is 1. The van der Waals surface area contributed by atoms with Gasteiger partial charge in [0.2, 0.25) is 5.56 Å².